The smallest absolute Gasteiger partial charge is 0.338 e. The Bertz CT molecular complexity index is 1170. The third kappa shape index (κ3) is 4.46. The standard InChI is InChI=1S/C21H20ClN3O4/c1-4-25-18-8-5-14(10-17(18)23-13(3)20(25)27)21(28)29-11-19(26)24-16-7-6-15(22)9-12(16)2/h5-10H,4,11H2,1-3H3,(H,24,26). The number of hydrogen-bond acceptors (Lipinski definition) is 5. The largest absolute Gasteiger partial charge is 0.452 e. The minimum absolute atomic E-state index is 0.163. The molecule has 0 aliphatic carbocycles. The van der Waals surface area contributed by atoms with Crippen LogP contribution in [0.15, 0.2) is 41.2 Å². The Labute approximate surface area is 172 Å². The van der Waals surface area contributed by atoms with E-state index in [9.17, 15) is 14.4 Å². The number of carbonyl (C=O) groups excluding carboxylic acids is 2. The summed E-state index contributed by atoms with van der Waals surface area (Å²) in [4.78, 5) is 40.9. The maximum absolute atomic E-state index is 12.3. The minimum atomic E-state index is -0.649. The highest BCUT2D eigenvalue weighted by atomic mass is 35.5. The van der Waals surface area contributed by atoms with Gasteiger partial charge in [-0.2, -0.15) is 0 Å². The molecule has 0 aliphatic rings. The number of aromatic nitrogens is 2. The van der Waals surface area contributed by atoms with Crippen molar-refractivity contribution >= 4 is 40.2 Å². The van der Waals surface area contributed by atoms with Gasteiger partial charge in [-0.1, -0.05) is 11.6 Å². The van der Waals surface area contributed by atoms with Gasteiger partial charge in [-0.25, -0.2) is 9.78 Å². The zero-order valence-corrected chi connectivity index (χ0v) is 17.0. The molecule has 1 heterocycles. The van der Waals surface area contributed by atoms with Gasteiger partial charge in [0.2, 0.25) is 0 Å². The molecule has 1 N–H and O–H groups in total. The first kappa shape index (κ1) is 20.5. The molecule has 2 aromatic carbocycles. The van der Waals surface area contributed by atoms with Gasteiger partial charge < -0.3 is 14.6 Å². The van der Waals surface area contributed by atoms with Crippen LogP contribution in [0, 0.1) is 13.8 Å². The van der Waals surface area contributed by atoms with Crippen LogP contribution in [0.3, 0.4) is 0 Å². The fourth-order valence-corrected chi connectivity index (χ4v) is 3.21. The molecule has 0 fully saturated rings. The van der Waals surface area contributed by atoms with Crippen molar-refractivity contribution in [1.82, 2.24) is 9.55 Å². The number of anilines is 1. The van der Waals surface area contributed by atoms with E-state index in [0.717, 1.165) is 5.56 Å². The Morgan fingerprint density at radius 2 is 1.93 bits per heavy atom. The number of fused-ring (bicyclic) bond motifs is 1. The molecule has 3 aromatic rings. The van der Waals surface area contributed by atoms with Gasteiger partial charge in [0, 0.05) is 17.3 Å². The number of benzene rings is 2. The van der Waals surface area contributed by atoms with Crippen molar-refractivity contribution in [3.8, 4) is 0 Å². The van der Waals surface area contributed by atoms with Crippen molar-refractivity contribution in [2.75, 3.05) is 11.9 Å². The molecule has 1 aromatic heterocycles. The number of halogens is 1. The first-order valence-corrected chi connectivity index (χ1v) is 9.42. The van der Waals surface area contributed by atoms with E-state index in [1.165, 1.54) is 0 Å². The molecule has 0 bridgehead atoms. The van der Waals surface area contributed by atoms with Gasteiger partial charge in [0.25, 0.3) is 11.5 Å². The van der Waals surface area contributed by atoms with Gasteiger partial charge in [0.05, 0.1) is 16.6 Å². The van der Waals surface area contributed by atoms with Crippen LogP contribution in [-0.4, -0.2) is 28.0 Å². The monoisotopic (exact) mass is 413 g/mol. The fraction of sp³-hybridized carbons (Fsp3) is 0.238. The average Bonchev–Trinajstić information content (AvgIpc) is 2.69. The lowest BCUT2D eigenvalue weighted by atomic mass is 10.2. The molecule has 7 nitrogen and oxygen atoms in total. The lowest BCUT2D eigenvalue weighted by Crippen LogP contribution is -2.23. The number of rotatable bonds is 5. The van der Waals surface area contributed by atoms with Crippen molar-refractivity contribution in [3.05, 3.63) is 68.6 Å². The van der Waals surface area contributed by atoms with Crippen LogP contribution in [0.1, 0.15) is 28.5 Å². The molecule has 29 heavy (non-hydrogen) atoms. The van der Waals surface area contributed by atoms with E-state index in [-0.39, 0.29) is 11.1 Å². The van der Waals surface area contributed by atoms with Crippen LogP contribution in [0.4, 0.5) is 5.69 Å². The molecular formula is C21H20ClN3O4. The van der Waals surface area contributed by atoms with E-state index in [1.807, 2.05) is 13.8 Å². The van der Waals surface area contributed by atoms with Crippen molar-refractivity contribution in [2.24, 2.45) is 0 Å². The average molecular weight is 414 g/mol. The lowest BCUT2D eigenvalue weighted by molar-refractivity contribution is -0.119. The molecule has 0 unspecified atom stereocenters. The number of esters is 1. The summed E-state index contributed by atoms with van der Waals surface area (Å²) in [6.07, 6.45) is 0. The highest BCUT2D eigenvalue weighted by Crippen LogP contribution is 2.19. The molecule has 0 aliphatic heterocycles. The van der Waals surface area contributed by atoms with Crippen molar-refractivity contribution in [1.29, 1.82) is 0 Å². The zero-order chi connectivity index (χ0) is 21.1. The Morgan fingerprint density at radius 1 is 1.17 bits per heavy atom. The second kappa shape index (κ2) is 8.45. The Hall–Kier alpha value is -3.19. The van der Waals surface area contributed by atoms with Gasteiger partial charge in [-0.3, -0.25) is 9.59 Å². The van der Waals surface area contributed by atoms with E-state index in [0.29, 0.717) is 34.0 Å². The number of nitrogens with one attached hydrogen (secondary N) is 1. The second-order valence-corrected chi connectivity index (χ2v) is 6.97. The van der Waals surface area contributed by atoms with Crippen LogP contribution < -0.4 is 10.9 Å². The summed E-state index contributed by atoms with van der Waals surface area (Å²) in [6.45, 7) is 5.37. The molecule has 3 rings (SSSR count). The molecule has 0 radical (unpaired) electrons. The van der Waals surface area contributed by atoms with Crippen molar-refractivity contribution < 1.29 is 14.3 Å². The number of aryl methyl sites for hydroxylation is 3. The lowest BCUT2D eigenvalue weighted by Gasteiger charge is -2.11. The van der Waals surface area contributed by atoms with Crippen LogP contribution in [0.25, 0.3) is 11.0 Å². The summed E-state index contributed by atoms with van der Waals surface area (Å²) in [7, 11) is 0. The number of amides is 1. The maximum Gasteiger partial charge on any atom is 0.338 e. The minimum Gasteiger partial charge on any atom is -0.452 e. The summed E-state index contributed by atoms with van der Waals surface area (Å²) >= 11 is 5.90. The molecule has 0 saturated heterocycles. The third-order valence-electron chi connectivity index (χ3n) is 4.46. The highest BCUT2D eigenvalue weighted by molar-refractivity contribution is 6.30. The van der Waals surface area contributed by atoms with Crippen LogP contribution >= 0.6 is 11.6 Å². The number of ether oxygens (including phenoxy) is 1. The summed E-state index contributed by atoms with van der Waals surface area (Å²) in [5.41, 5.74) is 2.98. The van der Waals surface area contributed by atoms with Gasteiger partial charge in [-0.15, -0.1) is 0 Å². The predicted molar refractivity (Wildman–Crippen MR) is 112 cm³/mol. The number of nitrogens with zero attached hydrogens (tertiary/aromatic N) is 2. The first-order valence-electron chi connectivity index (χ1n) is 9.04. The van der Waals surface area contributed by atoms with Crippen molar-refractivity contribution in [2.45, 2.75) is 27.3 Å². The van der Waals surface area contributed by atoms with E-state index >= 15 is 0 Å². The van der Waals surface area contributed by atoms with Gasteiger partial charge in [-0.05, 0) is 62.7 Å². The molecular weight excluding hydrogens is 394 g/mol. The zero-order valence-electron chi connectivity index (χ0n) is 16.3. The van der Waals surface area contributed by atoms with E-state index in [1.54, 1.807) is 47.9 Å². The second-order valence-electron chi connectivity index (χ2n) is 6.53. The van der Waals surface area contributed by atoms with Crippen LogP contribution in [0.2, 0.25) is 5.02 Å². The predicted octanol–water partition coefficient (Wildman–Crippen LogP) is 3.48. The van der Waals surface area contributed by atoms with Crippen LogP contribution in [-0.2, 0) is 16.1 Å². The highest BCUT2D eigenvalue weighted by Gasteiger charge is 2.14. The fourth-order valence-electron chi connectivity index (χ4n) is 2.98. The van der Waals surface area contributed by atoms with Gasteiger partial charge >= 0.3 is 5.97 Å². The molecule has 0 spiro atoms. The Morgan fingerprint density at radius 3 is 2.62 bits per heavy atom. The summed E-state index contributed by atoms with van der Waals surface area (Å²) in [6, 6.07) is 9.83. The van der Waals surface area contributed by atoms with E-state index in [2.05, 4.69) is 10.3 Å². The quantitative estimate of drug-likeness (QED) is 0.646. The van der Waals surface area contributed by atoms with E-state index < -0.39 is 18.5 Å². The molecule has 150 valence electrons. The van der Waals surface area contributed by atoms with Gasteiger partial charge in [0.15, 0.2) is 6.61 Å². The summed E-state index contributed by atoms with van der Waals surface area (Å²) in [5, 5.41) is 3.25. The van der Waals surface area contributed by atoms with Crippen molar-refractivity contribution in [3.63, 3.8) is 0 Å². The molecule has 0 atom stereocenters. The Balaban J connectivity index is 1.72. The SMILES string of the molecule is CCn1c(=O)c(C)nc2cc(C(=O)OCC(=O)Nc3ccc(Cl)cc3C)ccc21. The molecule has 1 amide bonds. The van der Waals surface area contributed by atoms with Crippen LogP contribution in [0.5, 0.6) is 0 Å². The normalized spacial score (nSPS) is 10.8. The number of carbonyl (C=O) groups is 2. The van der Waals surface area contributed by atoms with E-state index in [4.69, 9.17) is 16.3 Å². The topological polar surface area (TPSA) is 90.3 Å². The van der Waals surface area contributed by atoms with Gasteiger partial charge in [0.1, 0.15) is 5.69 Å². The summed E-state index contributed by atoms with van der Waals surface area (Å²) < 4.78 is 6.70. The number of hydrogen-bond donors (Lipinski definition) is 1. The first-order chi connectivity index (χ1) is 13.8. The molecule has 0 saturated carbocycles. The molecule has 8 heteroatoms. The Kier molecular flexibility index (Phi) is 5.98. The summed E-state index contributed by atoms with van der Waals surface area (Å²) in [5.74, 6) is -1.11. The third-order valence-corrected chi connectivity index (χ3v) is 4.69. The maximum atomic E-state index is 12.3.